The van der Waals surface area contributed by atoms with Crippen LogP contribution in [0.25, 0.3) is 0 Å². The van der Waals surface area contributed by atoms with Crippen LogP contribution in [0.15, 0.2) is 24.3 Å². The number of hydrogen-bond acceptors (Lipinski definition) is 1. The zero-order chi connectivity index (χ0) is 10.1. The monoisotopic (exact) mass is 189 g/mol. The second kappa shape index (κ2) is 3.64. The Hall–Kier alpha value is -0.980. The highest BCUT2D eigenvalue weighted by Crippen LogP contribution is 2.39. The van der Waals surface area contributed by atoms with Crippen molar-refractivity contribution in [3.8, 4) is 0 Å². The van der Waals surface area contributed by atoms with Gasteiger partial charge in [0.25, 0.3) is 0 Å². The molecule has 0 bridgehead atoms. The van der Waals surface area contributed by atoms with Gasteiger partial charge in [-0.1, -0.05) is 32.0 Å². The minimum absolute atomic E-state index is 0.592. The van der Waals surface area contributed by atoms with Crippen LogP contribution in [0.3, 0.4) is 0 Å². The van der Waals surface area contributed by atoms with Crippen molar-refractivity contribution >= 4 is 5.69 Å². The molecule has 1 aromatic carbocycles. The molecule has 2 atom stereocenters. The highest BCUT2D eigenvalue weighted by atomic mass is 15.0. The lowest BCUT2D eigenvalue weighted by Gasteiger charge is -2.18. The molecular weight excluding hydrogens is 170 g/mol. The Kier molecular flexibility index (Phi) is 2.49. The molecule has 0 fully saturated rings. The van der Waals surface area contributed by atoms with Crippen molar-refractivity contribution in [3.63, 3.8) is 0 Å². The quantitative estimate of drug-likeness (QED) is 0.749. The number of nitrogens with one attached hydrogen (secondary N) is 1. The first-order valence-electron chi connectivity index (χ1n) is 5.54. The summed E-state index contributed by atoms with van der Waals surface area (Å²) in [6.45, 7) is 6.88. The van der Waals surface area contributed by atoms with E-state index in [4.69, 9.17) is 0 Å². The summed E-state index contributed by atoms with van der Waals surface area (Å²) < 4.78 is 0. The van der Waals surface area contributed by atoms with Gasteiger partial charge in [0.1, 0.15) is 0 Å². The van der Waals surface area contributed by atoms with Crippen LogP contribution in [-0.4, -0.2) is 6.04 Å². The maximum Gasteiger partial charge on any atom is 0.0378 e. The third kappa shape index (κ3) is 1.63. The molecule has 1 heteroatoms. The number of hydrogen-bond donors (Lipinski definition) is 1. The molecule has 0 saturated carbocycles. The molecule has 1 aromatic rings. The van der Waals surface area contributed by atoms with Gasteiger partial charge in [0.2, 0.25) is 0 Å². The summed E-state index contributed by atoms with van der Waals surface area (Å²) in [7, 11) is 0. The van der Waals surface area contributed by atoms with Gasteiger partial charge in [0.05, 0.1) is 0 Å². The maximum absolute atomic E-state index is 3.55. The Bertz CT molecular complexity index is 317. The molecule has 0 aliphatic carbocycles. The Labute approximate surface area is 86.5 Å². The summed E-state index contributed by atoms with van der Waals surface area (Å²) >= 11 is 0. The van der Waals surface area contributed by atoms with Gasteiger partial charge in [-0.3, -0.25) is 0 Å². The van der Waals surface area contributed by atoms with Crippen molar-refractivity contribution in [2.24, 2.45) is 5.92 Å². The van der Waals surface area contributed by atoms with E-state index in [1.807, 2.05) is 0 Å². The fourth-order valence-corrected chi connectivity index (χ4v) is 2.41. The summed E-state index contributed by atoms with van der Waals surface area (Å²) in [5.74, 6) is 1.47. The van der Waals surface area contributed by atoms with Gasteiger partial charge in [-0.2, -0.15) is 0 Å². The van der Waals surface area contributed by atoms with Crippen LogP contribution < -0.4 is 5.32 Å². The lowest BCUT2D eigenvalue weighted by Crippen LogP contribution is -2.17. The van der Waals surface area contributed by atoms with Crippen molar-refractivity contribution in [2.75, 3.05) is 5.32 Å². The van der Waals surface area contributed by atoms with Crippen LogP contribution in [-0.2, 0) is 0 Å². The number of anilines is 1. The molecule has 1 nitrogen and oxygen atoms in total. The van der Waals surface area contributed by atoms with E-state index in [2.05, 4.69) is 50.4 Å². The second-order valence-electron chi connectivity index (χ2n) is 4.76. The molecule has 0 radical (unpaired) electrons. The lowest BCUT2D eigenvalue weighted by molar-refractivity contribution is 0.479. The molecule has 76 valence electrons. The largest absolute Gasteiger partial charge is 0.382 e. The summed E-state index contributed by atoms with van der Waals surface area (Å²) in [6.07, 6.45) is 1.28. The predicted molar refractivity (Wildman–Crippen MR) is 61.7 cm³/mol. The van der Waals surface area contributed by atoms with E-state index in [0.717, 1.165) is 5.92 Å². The third-order valence-electron chi connectivity index (χ3n) is 3.07. The zero-order valence-electron chi connectivity index (χ0n) is 9.25. The molecule has 0 spiro atoms. The summed E-state index contributed by atoms with van der Waals surface area (Å²) in [6, 6.07) is 9.29. The first-order chi connectivity index (χ1) is 6.68. The average Bonchev–Trinajstić information content (AvgIpc) is 2.43. The number of rotatable bonds is 2. The van der Waals surface area contributed by atoms with Gasteiger partial charge in [-0.05, 0) is 30.9 Å². The molecule has 2 rings (SSSR count). The van der Waals surface area contributed by atoms with Gasteiger partial charge >= 0.3 is 0 Å². The Balaban J connectivity index is 2.25. The summed E-state index contributed by atoms with van der Waals surface area (Å²) in [4.78, 5) is 0. The van der Waals surface area contributed by atoms with Crippen LogP contribution in [0.5, 0.6) is 0 Å². The molecule has 0 aromatic heterocycles. The molecule has 2 unspecified atom stereocenters. The van der Waals surface area contributed by atoms with Crippen LogP contribution >= 0.6 is 0 Å². The molecule has 1 aliphatic heterocycles. The maximum atomic E-state index is 3.55. The lowest BCUT2D eigenvalue weighted by atomic mass is 9.88. The fraction of sp³-hybridized carbons (Fsp3) is 0.538. The Morgan fingerprint density at radius 2 is 2.00 bits per heavy atom. The standard InChI is InChI=1S/C13H19N/c1-9(2)8-12-10(3)14-13-7-5-4-6-11(12)13/h4-7,9-10,12,14H,8H2,1-3H3. The van der Waals surface area contributed by atoms with E-state index in [0.29, 0.717) is 12.0 Å². The van der Waals surface area contributed by atoms with Crippen molar-refractivity contribution in [1.29, 1.82) is 0 Å². The van der Waals surface area contributed by atoms with Crippen molar-refractivity contribution < 1.29 is 0 Å². The SMILES string of the molecule is CC(C)CC1c2ccccc2NC1C. The first kappa shape index (κ1) is 9.57. The normalized spacial score (nSPS) is 24.9. The van der Waals surface area contributed by atoms with E-state index < -0.39 is 0 Å². The highest BCUT2D eigenvalue weighted by molar-refractivity contribution is 5.58. The second-order valence-corrected chi connectivity index (χ2v) is 4.76. The highest BCUT2D eigenvalue weighted by Gasteiger charge is 2.28. The minimum atomic E-state index is 0.592. The van der Waals surface area contributed by atoms with Gasteiger partial charge in [0.15, 0.2) is 0 Å². The molecule has 14 heavy (non-hydrogen) atoms. The minimum Gasteiger partial charge on any atom is -0.382 e. The van der Waals surface area contributed by atoms with Gasteiger partial charge < -0.3 is 5.32 Å². The fourth-order valence-electron chi connectivity index (χ4n) is 2.41. The molecule has 1 aliphatic rings. The summed E-state index contributed by atoms with van der Waals surface area (Å²) in [5.41, 5.74) is 2.85. The van der Waals surface area contributed by atoms with Crippen molar-refractivity contribution in [1.82, 2.24) is 0 Å². The molecule has 0 amide bonds. The zero-order valence-corrected chi connectivity index (χ0v) is 9.25. The van der Waals surface area contributed by atoms with Crippen LogP contribution in [0.2, 0.25) is 0 Å². The average molecular weight is 189 g/mol. The molecular formula is C13H19N. The predicted octanol–water partition coefficient (Wildman–Crippen LogP) is 3.63. The van der Waals surface area contributed by atoms with Crippen LogP contribution in [0.1, 0.15) is 38.7 Å². The Morgan fingerprint density at radius 1 is 1.29 bits per heavy atom. The van der Waals surface area contributed by atoms with E-state index in [1.54, 1.807) is 0 Å². The summed E-state index contributed by atoms with van der Waals surface area (Å²) in [5, 5.41) is 3.55. The number of para-hydroxylation sites is 1. The van der Waals surface area contributed by atoms with Crippen LogP contribution in [0, 0.1) is 5.92 Å². The van der Waals surface area contributed by atoms with Gasteiger partial charge in [-0.15, -0.1) is 0 Å². The van der Waals surface area contributed by atoms with Gasteiger partial charge in [0, 0.05) is 17.6 Å². The number of benzene rings is 1. The third-order valence-corrected chi connectivity index (χ3v) is 3.07. The van der Waals surface area contributed by atoms with Crippen molar-refractivity contribution in [2.45, 2.75) is 39.2 Å². The molecule has 1 N–H and O–H groups in total. The first-order valence-corrected chi connectivity index (χ1v) is 5.54. The topological polar surface area (TPSA) is 12.0 Å². The van der Waals surface area contributed by atoms with Crippen molar-refractivity contribution in [3.05, 3.63) is 29.8 Å². The van der Waals surface area contributed by atoms with E-state index in [-0.39, 0.29) is 0 Å². The van der Waals surface area contributed by atoms with E-state index in [9.17, 15) is 0 Å². The molecule has 0 saturated heterocycles. The van der Waals surface area contributed by atoms with E-state index >= 15 is 0 Å². The number of fused-ring (bicyclic) bond motifs is 1. The smallest absolute Gasteiger partial charge is 0.0378 e. The Morgan fingerprint density at radius 3 is 2.71 bits per heavy atom. The van der Waals surface area contributed by atoms with E-state index in [1.165, 1.54) is 17.7 Å². The van der Waals surface area contributed by atoms with Crippen LogP contribution in [0.4, 0.5) is 5.69 Å². The molecule has 1 heterocycles. The van der Waals surface area contributed by atoms with Gasteiger partial charge in [-0.25, -0.2) is 0 Å².